The number of carbonyl (C=O) groups is 1. The number of aryl methyl sites for hydroxylation is 1. The molecule has 2 N–H and O–H groups in total. The fourth-order valence-corrected chi connectivity index (χ4v) is 4.33. The second-order valence-electron chi connectivity index (χ2n) is 6.91. The van der Waals surface area contributed by atoms with Crippen molar-refractivity contribution < 1.29 is 9.90 Å². The summed E-state index contributed by atoms with van der Waals surface area (Å²) in [5.41, 5.74) is 0.884. The Hall–Kier alpha value is -3.43. The first kappa shape index (κ1) is 20.8. The number of fused-ring (bicyclic) bond motifs is 1. The summed E-state index contributed by atoms with van der Waals surface area (Å²) in [6, 6.07) is 10.0. The monoisotopic (exact) mass is 456 g/mol. The zero-order valence-electron chi connectivity index (χ0n) is 16.3. The highest BCUT2D eigenvalue weighted by molar-refractivity contribution is 7.19. The van der Waals surface area contributed by atoms with Gasteiger partial charge >= 0.3 is 5.69 Å². The van der Waals surface area contributed by atoms with Crippen molar-refractivity contribution in [1.29, 1.82) is 0 Å². The van der Waals surface area contributed by atoms with E-state index in [2.05, 4.69) is 10.3 Å². The van der Waals surface area contributed by atoms with E-state index in [1.165, 1.54) is 22.9 Å². The zero-order valence-corrected chi connectivity index (χ0v) is 17.9. The molecule has 31 heavy (non-hydrogen) atoms. The normalized spacial score (nSPS) is 11.0. The van der Waals surface area contributed by atoms with Crippen LogP contribution in [-0.4, -0.2) is 25.0 Å². The third kappa shape index (κ3) is 4.23. The highest BCUT2D eigenvalue weighted by Gasteiger charge is 2.17. The van der Waals surface area contributed by atoms with Gasteiger partial charge in [0, 0.05) is 35.6 Å². The maximum atomic E-state index is 13.0. The Morgan fingerprint density at radius 2 is 2.03 bits per heavy atom. The lowest BCUT2D eigenvalue weighted by Crippen LogP contribution is -2.38. The summed E-state index contributed by atoms with van der Waals surface area (Å²) < 4.78 is 2.45. The largest absolute Gasteiger partial charge is 0.493 e. The van der Waals surface area contributed by atoms with E-state index in [9.17, 15) is 19.5 Å². The summed E-state index contributed by atoms with van der Waals surface area (Å²) in [6.45, 7) is 1.91. The second-order valence-corrected chi connectivity index (χ2v) is 8.37. The minimum Gasteiger partial charge on any atom is -0.493 e. The Kier molecular flexibility index (Phi) is 5.62. The van der Waals surface area contributed by atoms with E-state index in [4.69, 9.17) is 11.6 Å². The van der Waals surface area contributed by atoms with Gasteiger partial charge < -0.3 is 10.4 Å². The number of nitrogens with one attached hydrogen (secondary N) is 1. The average Bonchev–Trinajstić information content (AvgIpc) is 3.21. The summed E-state index contributed by atoms with van der Waals surface area (Å²) in [7, 11) is 0. The lowest BCUT2D eigenvalue weighted by Gasteiger charge is -2.08. The first-order chi connectivity index (χ1) is 14.8. The van der Waals surface area contributed by atoms with Crippen LogP contribution in [0.4, 0.5) is 0 Å². The molecule has 3 aromatic heterocycles. The summed E-state index contributed by atoms with van der Waals surface area (Å²) in [6.07, 6.45) is 2.89. The number of thiazole rings is 1. The van der Waals surface area contributed by atoms with E-state index in [0.29, 0.717) is 25.9 Å². The van der Waals surface area contributed by atoms with Crippen LogP contribution in [0.3, 0.4) is 0 Å². The molecular formula is C21H17ClN4O4S. The van der Waals surface area contributed by atoms with Gasteiger partial charge in [0.15, 0.2) is 0 Å². The highest BCUT2D eigenvalue weighted by Crippen LogP contribution is 2.19. The van der Waals surface area contributed by atoms with Crippen LogP contribution in [0.5, 0.6) is 5.88 Å². The molecule has 4 aromatic rings. The number of hydrogen-bond acceptors (Lipinski definition) is 6. The Bertz CT molecular complexity index is 1410. The van der Waals surface area contributed by atoms with Crippen LogP contribution in [0.15, 0.2) is 58.4 Å². The number of aromatic hydroxyl groups is 1. The van der Waals surface area contributed by atoms with Crippen LogP contribution < -0.4 is 16.6 Å². The number of amides is 1. The molecule has 0 saturated heterocycles. The summed E-state index contributed by atoms with van der Waals surface area (Å²) in [5.74, 6) is -0.483. The Morgan fingerprint density at radius 1 is 1.23 bits per heavy atom. The topological polar surface area (TPSA) is 106 Å². The third-order valence-corrected chi connectivity index (χ3v) is 6.15. The van der Waals surface area contributed by atoms with Gasteiger partial charge in [-0.25, -0.2) is 9.78 Å². The van der Waals surface area contributed by atoms with Crippen molar-refractivity contribution in [1.82, 2.24) is 19.3 Å². The van der Waals surface area contributed by atoms with Crippen molar-refractivity contribution in [2.75, 3.05) is 0 Å². The van der Waals surface area contributed by atoms with Crippen molar-refractivity contribution in [3.8, 4) is 5.88 Å². The first-order valence-electron chi connectivity index (χ1n) is 9.25. The number of carbonyl (C=O) groups excluding carboxylic acids is 1. The molecular weight excluding hydrogens is 440 g/mol. The van der Waals surface area contributed by atoms with Crippen LogP contribution in [0.1, 0.15) is 26.4 Å². The van der Waals surface area contributed by atoms with Crippen molar-refractivity contribution in [2.45, 2.75) is 20.0 Å². The molecule has 8 nitrogen and oxygen atoms in total. The fourth-order valence-electron chi connectivity index (χ4n) is 3.12. The minimum atomic E-state index is -0.524. The molecule has 0 unspecified atom stereocenters. The first-order valence-corrected chi connectivity index (χ1v) is 10.4. The molecule has 0 bridgehead atoms. The maximum Gasteiger partial charge on any atom is 0.336 e. The Labute approximate surface area is 185 Å². The molecule has 1 aromatic carbocycles. The maximum absolute atomic E-state index is 13.0. The molecule has 10 heteroatoms. The fraction of sp³-hybridized carbons (Fsp3) is 0.143. The van der Waals surface area contributed by atoms with E-state index in [1.807, 2.05) is 0 Å². The van der Waals surface area contributed by atoms with E-state index in [0.717, 1.165) is 21.5 Å². The molecule has 3 heterocycles. The van der Waals surface area contributed by atoms with Crippen molar-refractivity contribution in [3.63, 3.8) is 0 Å². The second kappa shape index (κ2) is 8.37. The van der Waals surface area contributed by atoms with Crippen molar-refractivity contribution in [2.24, 2.45) is 0 Å². The van der Waals surface area contributed by atoms with Crippen LogP contribution in [0.2, 0.25) is 5.02 Å². The van der Waals surface area contributed by atoms with Gasteiger partial charge in [0.05, 0.1) is 6.54 Å². The molecule has 0 aliphatic rings. The van der Waals surface area contributed by atoms with Crippen LogP contribution in [0, 0.1) is 6.92 Å². The van der Waals surface area contributed by atoms with Gasteiger partial charge in [-0.3, -0.25) is 18.6 Å². The van der Waals surface area contributed by atoms with Crippen molar-refractivity contribution in [3.05, 3.63) is 96.2 Å². The lowest BCUT2D eigenvalue weighted by molar-refractivity contribution is 0.0954. The average molecular weight is 457 g/mol. The molecule has 158 valence electrons. The van der Waals surface area contributed by atoms with Gasteiger partial charge in [0.1, 0.15) is 9.71 Å². The molecule has 1 amide bonds. The smallest absolute Gasteiger partial charge is 0.336 e. The number of nitrogens with zero attached hydrogens (tertiary/aromatic N) is 3. The summed E-state index contributed by atoms with van der Waals surface area (Å²) in [5, 5.41) is 12.5. The quantitative estimate of drug-likeness (QED) is 0.480. The molecule has 0 atom stereocenters. The van der Waals surface area contributed by atoms with Gasteiger partial charge in [-0.05, 0) is 30.2 Å². The van der Waals surface area contributed by atoms with Crippen LogP contribution in [0.25, 0.3) is 4.83 Å². The number of benzene rings is 1. The third-order valence-electron chi connectivity index (χ3n) is 4.71. The zero-order chi connectivity index (χ0) is 22.1. The standard InChI is InChI=1S/C21H17ClN4O4S/c1-12-19(29)25(10-13-3-2-4-15(22)7-13)21(30)26-11-16(31-20(12)26)18(28)24-9-14-5-6-17(27)23-8-14/h2-8,11H,9-10H2,1H3,(H,23,27)(H,24,28). The van der Waals surface area contributed by atoms with E-state index >= 15 is 0 Å². The number of hydrogen-bond donors (Lipinski definition) is 2. The predicted octanol–water partition coefficient (Wildman–Crippen LogP) is 2.56. The molecule has 4 rings (SSSR count). The van der Waals surface area contributed by atoms with Crippen LogP contribution >= 0.6 is 22.9 Å². The Morgan fingerprint density at radius 3 is 2.74 bits per heavy atom. The molecule has 0 aliphatic carbocycles. The summed E-state index contributed by atoms with van der Waals surface area (Å²) in [4.78, 5) is 42.9. The number of halogens is 1. The molecule has 0 saturated carbocycles. The lowest BCUT2D eigenvalue weighted by atomic mass is 10.2. The SMILES string of the molecule is Cc1c(=O)n(Cc2cccc(Cl)c2)c(=O)n2cc(C(=O)NCc3ccc(O)nc3)sc12. The van der Waals surface area contributed by atoms with Crippen molar-refractivity contribution >= 4 is 33.7 Å². The van der Waals surface area contributed by atoms with Gasteiger partial charge in [-0.15, -0.1) is 11.3 Å². The summed E-state index contributed by atoms with van der Waals surface area (Å²) >= 11 is 7.08. The molecule has 0 fully saturated rings. The van der Waals surface area contributed by atoms with Gasteiger partial charge in [-0.1, -0.05) is 29.8 Å². The predicted molar refractivity (Wildman–Crippen MR) is 118 cm³/mol. The van der Waals surface area contributed by atoms with Gasteiger partial charge in [-0.2, -0.15) is 0 Å². The molecule has 0 spiro atoms. The van der Waals surface area contributed by atoms with E-state index in [-0.39, 0.29) is 24.9 Å². The van der Waals surface area contributed by atoms with E-state index < -0.39 is 11.2 Å². The van der Waals surface area contributed by atoms with E-state index in [1.54, 1.807) is 37.3 Å². The highest BCUT2D eigenvalue weighted by atomic mass is 35.5. The number of aromatic nitrogens is 3. The molecule has 0 radical (unpaired) electrons. The van der Waals surface area contributed by atoms with Gasteiger partial charge in [0.25, 0.3) is 11.5 Å². The van der Waals surface area contributed by atoms with Crippen LogP contribution in [-0.2, 0) is 13.1 Å². The molecule has 0 aliphatic heterocycles. The minimum absolute atomic E-state index is 0.0766. The number of pyridine rings is 1. The Balaban J connectivity index is 1.65. The number of rotatable bonds is 5. The van der Waals surface area contributed by atoms with Gasteiger partial charge in [0.2, 0.25) is 5.88 Å².